The highest BCUT2D eigenvalue weighted by atomic mass is 32.2. The van der Waals surface area contributed by atoms with Gasteiger partial charge in [0, 0.05) is 11.3 Å². The van der Waals surface area contributed by atoms with Crippen molar-refractivity contribution < 1.29 is 9.53 Å². The summed E-state index contributed by atoms with van der Waals surface area (Å²) >= 11 is 1.85. The van der Waals surface area contributed by atoms with Crippen LogP contribution >= 0.6 is 11.8 Å². The summed E-state index contributed by atoms with van der Waals surface area (Å²) in [5.41, 5.74) is 6.40. The number of pyridine rings is 1. The van der Waals surface area contributed by atoms with Crippen molar-refractivity contribution in [2.45, 2.75) is 31.4 Å². The summed E-state index contributed by atoms with van der Waals surface area (Å²) in [7, 11) is 1.34. The van der Waals surface area contributed by atoms with Crippen LogP contribution in [0.25, 0.3) is 0 Å². The fraction of sp³-hybridized carbons (Fsp3) is 0.571. The van der Waals surface area contributed by atoms with E-state index in [0.29, 0.717) is 17.1 Å². The SMILES string of the molecule is CCC(CC)(CNc1cc(C(=O)OC)c(N)cn1)SC. The first kappa shape index (κ1) is 16.6. The Morgan fingerprint density at radius 2 is 2.15 bits per heavy atom. The molecule has 0 aliphatic rings. The van der Waals surface area contributed by atoms with Crippen molar-refractivity contribution >= 4 is 29.2 Å². The molecule has 0 radical (unpaired) electrons. The van der Waals surface area contributed by atoms with Gasteiger partial charge in [-0.15, -0.1) is 0 Å². The number of nitrogens with two attached hydrogens (primary N) is 1. The fourth-order valence-corrected chi connectivity index (χ4v) is 2.76. The lowest BCUT2D eigenvalue weighted by molar-refractivity contribution is 0.0602. The number of ether oxygens (including phenoxy) is 1. The normalized spacial score (nSPS) is 11.2. The van der Waals surface area contributed by atoms with Crippen LogP contribution in [0.3, 0.4) is 0 Å². The minimum Gasteiger partial charge on any atom is -0.465 e. The van der Waals surface area contributed by atoms with Gasteiger partial charge in [-0.3, -0.25) is 0 Å². The molecule has 1 rings (SSSR count). The summed E-state index contributed by atoms with van der Waals surface area (Å²) in [6.07, 6.45) is 5.73. The van der Waals surface area contributed by atoms with Gasteiger partial charge in [-0.25, -0.2) is 9.78 Å². The number of nitrogens with zero attached hydrogens (tertiary/aromatic N) is 1. The second kappa shape index (κ2) is 7.38. The van der Waals surface area contributed by atoms with Crippen LogP contribution in [0.2, 0.25) is 0 Å². The van der Waals surface area contributed by atoms with Crippen molar-refractivity contribution in [3.63, 3.8) is 0 Å². The monoisotopic (exact) mass is 297 g/mol. The number of esters is 1. The number of aromatic nitrogens is 1. The van der Waals surface area contributed by atoms with E-state index in [4.69, 9.17) is 10.5 Å². The van der Waals surface area contributed by atoms with E-state index < -0.39 is 5.97 Å². The molecule has 1 aromatic rings. The van der Waals surface area contributed by atoms with Crippen LogP contribution in [0.15, 0.2) is 12.3 Å². The molecule has 0 saturated carbocycles. The number of nitrogens with one attached hydrogen (secondary N) is 1. The van der Waals surface area contributed by atoms with Gasteiger partial charge in [0.05, 0.1) is 24.6 Å². The lowest BCUT2D eigenvalue weighted by Gasteiger charge is -2.30. The molecule has 0 saturated heterocycles. The van der Waals surface area contributed by atoms with Crippen molar-refractivity contribution in [3.05, 3.63) is 17.8 Å². The Morgan fingerprint density at radius 1 is 1.50 bits per heavy atom. The Balaban J connectivity index is 2.86. The van der Waals surface area contributed by atoms with Crippen LogP contribution in [0, 0.1) is 0 Å². The van der Waals surface area contributed by atoms with Gasteiger partial charge in [0.15, 0.2) is 0 Å². The van der Waals surface area contributed by atoms with Crippen molar-refractivity contribution in [1.82, 2.24) is 4.98 Å². The molecular weight excluding hydrogens is 274 g/mol. The van der Waals surface area contributed by atoms with Gasteiger partial charge in [0.1, 0.15) is 5.82 Å². The Hall–Kier alpha value is -1.43. The molecule has 0 spiro atoms. The van der Waals surface area contributed by atoms with E-state index in [1.54, 1.807) is 6.07 Å². The zero-order valence-corrected chi connectivity index (χ0v) is 13.3. The van der Waals surface area contributed by atoms with Crippen molar-refractivity contribution in [1.29, 1.82) is 0 Å². The molecule has 0 amide bonds. The molecule has 0 aliphatic carbocycles. The minimum absolute atomic E-state index is 0.175. The van der Waals surface area contributed by atoms with Crippen LogP contribution in [0.4, 0.5) is 11.5 Å². The maximum Gasteiger partial charge on any atom is 0.340 e. The first-order valence-electron chi connectivity index (χ1n) is 6.64. The van der Waals surface area contributed by atoms with Gasteiger partial charge in [-0.1, -0.05) is 13.8 Å². The second-order valence-corrected chi connectivity index (χ2v) is 5.87. The lowest BCUT2D eigenvalue weighted by Crippen LogP contribution is -2.32. The molecule has 20 heavy (non-hydrogen) atoms. The van der Waals surface area contributed by atoms with Gasteiger partial charge in [0.2, 0.25) is 0 Å². The quantitative estimate of drug-likeness (QED) is 0.754. The van der Waals surface area contributed by atoms with E-state index in [9.17, 15) is 4.79 Å². The molecule has 0 aromatic carbocycles. The maximum absolute atomic E-state index is 11.6. The van der Waals surface area contributed by atoms with E-state index in [1.165, 1.54) is 13.3 Å². The standard InChI is InChI=1S/C14H23N3O2S/c1-5-14(6-2,20-4)9-17-12-7-10(13(18)19-3)11(15)8-16-12/h7-8H,5-6,9,15H2,1-4H3,(H,16,17). The molecule has 6 heteroatoms. The van der Waals surface area contributed by atoms with Crippen LogP contribution < -0.4 is 11.1 Å². The number of anilines is 2. The highest BCUT2D eigenvalue weighted by Crippen LogP contribution is 2.30. The number of hydrogen-bond donors (Lipinski definition) is 2. The number of carbonyl (C=O) groups excluding carboxylic acids is 1. The smallest absolute Gasteiger partial charge is 0.340 e. The average molecular weight is 297 g/mol. The van der Waals surface area contributed by atoms with Gasteiger partial charge < -0.3 is 15.8 Å². The lowest BCUT2D eigenvalue weighted by atomic mass is 10.0. The summed E-state index contributed by atoms with van der Waals surface area (Å²) in [4.78, 5) is 15.8. The van der Waals surface area contributed by atoms with Gasteiger partial charge >= 0.3 is 5.97 Å². The third-order valence-electron chi connectivity index (χ3n) is 3.65. The summed E-state index contributed by atoms with van der Waals surface area (Å²) < 4.78 is 4.88. The molecule has 0 atom stereocenters. The highest BCUT2D eigenvalue weighted by molar-refractivity contribution is 8.00. The van der Waals surface area contributed by atoms with Crippen LogP contribution in [-0.2, 0) is 4.74 Å². The third-order valence-corrected chi connectivity index (χ3v) is 5.24. The number of methoxy groups -OCH3 is 1. The molecule has 5 nitrogen and oxygen atoms in total. The van der Waals surface area contributed by atoms with Gasteiger partial charge in [-0.05, 0) is 25.2 Å². The predicted molar refractivity (Wildman–Crippen MR) is 85.3 cm³/mol. The van der Waals surface area contributed by atoms with Gasteiger partial charge in [0.25, 0.3) is 0 Å². The topological polar surface area (TPSA) is 77.2 Å². The number of thioether (sulfide) groups is 1. The Kier molecular flexibility index (Phi) is 6.13. The van der Waals surface area contributed by atoms with Crippen molar-refractivity contribution in [3.8, 4) is 0 Å². The summed E-state index contributed by atoms with van der Waals surface area (Å²) in [6.45, 7) is 5.15. The van der Waals surface area contributed by atoms with E-state index in [1.807, 2.05) is 11.8 Å². The Bertz CT molecular complexity index is 453. The second-order valence-electron chi connectivity index (χ2n) is 4.60. The molecule has 0 aliphatic heterocycles. The molecule has 0 fully saturated rings. The molecule has 112 valence electrons. The molecule has 1 heterocycles. The zero-order valence-electron chi connectivity index (χ0n) is 12.5. The number of nitrogen functional groups attached to an aromatic ring is 1. The minimum atomic E-state index is -0.449. The first-order chi connectivity index (χ1) is 9.51. The van der Waals surface area contributed by atoms with E-state index >= 15 is 0 Å². The van der Waals surface area contributed by atoms with Crippen LogP contribution in [-0.4, -0.2) is 35.6 Å². The predicted octanol–water partition coefficient (Wildman–Crippen LogP) is 2.78. The first-order valence-corrected chi connectivity index (χ1v) is 7.87. The van der Waals surface area contributed by atoms with E-state index in [2.05, 4.69) is 30.4 Å². The number of hydrogen-bond acceptors (Lipinski definition) is 6. The van der Waals surface area contributed by atoms with E-state index in [0.717, 1.165) is 19.4 Å². The molecular formula is C14H23N3O2S. The van der Waals surface area contributed by atoms with Crippen LogP contribution in [0.1, 0.15) is 37.0 Å². The van der Waals surface area contributed by atoms with E-state index in [-0.39, 0.29) is 4.75 Å². The van der Waals surface area contributed by atoms with Gasteiger partial charge in [-0.2, -0.15) is 11.8 Å². The maximum atomic E-state index is 11.6. The Morgan fingerprint density at radius 3 is 2.65 bits per heavy atom. The molecule has 0 unspecified atom stereocenters. The largest absolute Gasteiger partial charge is 0.465 e. The zero-order chi connectivity index (χ0) is 15.2. The summed E-state index contributed by atoms with van der Waals surface area (Å²) in [5, 5.41) is 3.29. The number of rotatable bonds is 7. The van der Waals surface area contributed by atoms with Crippen LogP contribution in [0.5, 0.6) is 0 Å². The molecule has 0 bridgehead atoms. The molecule has 3 N–H and O–H groups in total. The summed E-state index contributed by atoms with van der Waals surface area (Å²) in [6, 6.07) is 1.64. The Labute approximate surface area is 124 Å². The van der Waals surface area contributed by atoms with Crippen molar-refractivity contribution in [2.24, 2.45) is 0 Å². The average Bonchev–Trinajstić information content (AvgIpc) is 2.50. The van der Waals surface area contributed by atoms with Crippen molar-refractivity contribution in [2.75, 3.05) is 31.0 Å². The highest BCUT2D eigenvalue weighted by Gasteiger charge is 2.24. The molecule has 1 aromatic heterocycles. The summed E-state index contributed by atoms with van der Waals surface area (Å²) in [5.74, 6) is 0.190. The fourth-order valence-electron chi connectivity index (χ4n) is 1.96. The number of carbonyl (C=O) groups is 1. The third kappa shape index (κ3) is 3.79.